The average Bonchev–Trinajstić information content (AvgIpc) is 3.24. The summed E-state index contributed by atoms with van der Waals surface area (Å²) >= 11 is 0. The summed E-state index contributed by atoms with van der Waals surface area (Å²) in [6.07, 6.45) is -3.90. The summed E-state index contributed by atoms with van der Waals surface area (Å²) in [4.78, 5) is 28.8. The zero-order valence-electron chi connectivity index (χ0n) is 13.8. The number of piperazine rings is 1. The Morgan fingerprint density at radius 1 is 1.27 bits per heavy atom. The smallest absolute Gasteiger partial charge is 0.416 e. The van der Waals surface area contributed by atoms with Gasteiger partial charge in [0.25, 0.3) is 5.91 Å². The van der Waals surface area contributed by atoms with E-state index in [1.165, 1.54) is 4.90 Å². The fourth-order valence-electron chi connectivity index (χ4n) is 4.13. The first kappa shape index (κ1) is 17.1. The molecule has 3 aliphatic heterocycles. The first-order valence-electron chi connectivity index (χ1n) is 8.14. The number of rotatable bonds is 2. The van der Waals surface area contributed by atoms with Gasteiger partial charge in [-0.2, -0.15) is 13.2 Å². The Kier molecular flexibility index (Phi) is 3.51. The lowest BCUT2D eigenvalue weighted by atomic mass is 9.87. The van der Waals surface area contributed by atoms with Gasteiger partial charge in [0.05, 0.1) is 11.3 Å². The monoisotopic (exact) mass is 370 g/mol. The summed E-state index contributed by atoms with van der Waals surface area (Å²) < 4.78 is 39.3. The molecule has 2 saturated heterocycles. The Morgan fingerprint density at radius 3 is 2.54 bits per heavy atom. The molecule has 26 heavy (non-hydrogen) atoms. The zero-order chi connectivity index (χ0) is 18.9. The van der Waals surface area contributed by atoms with Crippen LogP contribution in [-0.2, 0) is 21.3 Å². The summed E-state index contributed by atoms with van der Waals surface area (Å²) in [6, 6.07) is 2.72. The molecule has 0 aliphatic carbocycles. The lowest BCUT2D eigenvalue weighted by Gasteiger charge is -2.36. The highest BCUT2D eigenvalue weighted by atomic mass is 19.4. The van der Waals surface area contributed by atoms with E-state index in [1.54, 1.807) is 0 Å². The fourth-order valence-corrected chi connectivity index (χ4v) is 4.13. The SMILES string of the molecule is CN1C[C@@H]2C[C@H]1CN2C(=O)C1(C(=O)O)NNc2ccc(C(F)(F)F)cc21. The molecule has 1 aromatic rings. The highest BCUT2D eigenvalue weighted by molar-refractivity contribution is 6.10. The van der Waals surface area contributed by atoms with E-state index >= 15 is 0 Å². The van der Waals surface area contributed by atoms with Gasteiger partial charge in [-0.25, -0.2) is 10.2 Å². The van der Waals surface area contributed by atoms with Crippen molar-refractivity contribution in [2.75, 3.05) is 25.6 Å². The number of hydrazine groups is 1. The molecule has 2 bridgehead atoms. The fraction of sp³-hybridized carbons (Fsp3) is 0.500. The summed E-state index contributed by atoms with van der Waals surface area (Å²) in [5.74, 6) is -2.28. The maximum Gasteiger partial charge on any atom is 0.416 e. The lowest BCUT2D eigenvalue weighted by molar-refractivity contribution is -0.157. The zero-order valence-corrected chi connectivity index (χ0v) is 13.8. The van der Waals surface area contributed by atoms with Gasteiger partial charge in [0.1, 0.15) is 0 Å². The van der Waals surface area contributed by atoms with Crippen LogP contribution in [0.3, 0.4) is 0 Å². The highest BCUT2D eigenvalue weighted by Crippen LogP contribution is 2.41. The Morgan fingerprint density at radius 2 is 2.00 bits per heavy atom. The molecular formula is C16H17F3N4O3. The van der Waals surface area contributed by atoms with Gasteiger partial charge >= 0.3 is 12.1 Å². The van der Waals surface area contributed by atoms with Crippen LogP contribution < -0.4 is 10.9 Å². The van der Waals surface area contributed by atoms with Crippen LogP contribution in [0.25, 0.3) is 0 Å². The molecule has 3 atom stereocenters. The van der Waals surface area contributed by atoms with Crippen LogP contribution in [0.1, 0.15) is 17.5 Å². The molecular weight excluding hydrogens is 353 g/mol. The van der Waals surface area contributed by atoms with Crippen LogP contribution in [0.4, 0.5) is 18.9 Å². The quantitative estimate of drug-likeness (QED) is 0.669. The number of hydrogen-bond donors (Lipinski definition) is 3. The number of alkyl halides is 3. The third kappa shape index (κ3) is 2.21. The number of carbonyl (C=O) groups excluding carboxylic acids is 1. The van der Waals surface area contributed by atoms with Crippen molar-refractivity contribution in [2.24, 2.45) is 0 Å². The van der Waals surface area contributed by atoms with Crippen molar-refractivity contribution < 1.29 is 27.9 Å². The molecule has 0 spiro atoms. The number of anilines is 1. The maximum absolute atomic E-state index is 13.2. The molecule has 0 aromatic heterocycles. The molecule has 3 heterocycles. The summed E-state index contributed by atoms with van der Waals surface area (Å²) in [5.41, 5.74) is 1.64. The number of nitrogens with zero attached hydrogens (tertiary/aromatic N) is 2. The first-order chi connectivity index (χ1) is 12.1. The Labute approximate surface area is 146 Å². The molecule has 3 N–H and O–H groups in total. The van der Waals surface area contributed by atoms with E-state index in [0.717, 1.165) is 24.6 Å². The van der Waals surface area contributed by atoms with Crippen LogP contribution in [0.15, 0.2) is 18.2 Å². The number of benzene rings is 1. The minimum absolute atomic E-state index is 0.134. The molecule has 0 radical (unpaired) electrons. The van der Waals surface area contributed by atoms with Gasteiger partial charge < -0.3 is 15.4 Å². The van der Waals surface area contributed by atoms with Crippen molar-refractivity contribution in [1.82, 2.24) is 15.2 Å². The number of carbonyl (C=O) groups is 2. The number of nitrogens with one attached hydrogen (secondary N) is 2. The Hall–Kier alpha value is -2.33. The Balaban J connectivity index is 1.76. The van der Waals surface area contributed by atoms with E-state index in [1.807, 2.05) is 7.05 Å². The third-order valence-electron chi connectivity index (χ3n) is 5.55. The molecule has 7 nitrogen and oxygen atoms in total. The second kappa shape index (κ2) is 5.34. The number of hydrogen-bond acceptors (Lipinski definition) is 5. The second-order valence-corrected chi connectivity index (χ2v) is 7.00. The number of fused-ring (bicyclic) bond motifs is 3. The topological polar surface area (TPSA) is 84.9 Å². The number of aliphatic carboxylic acids is 1. The van der Waals surface area contributed by atoms with Gasteiger partial charge in [-0.05, 0) is 31.7 Å². The maximum atomic E-state index is 13.2. The van der Waals surface area contributed by atoms with Gasteiger partial charge in [0, 0.05) is 30.7 Å². The number of carboxylic acids is 1. The molecule has 1 unspecified atom stereocenters. The van der Waals surface area contributed by atoms with Crippen LogP contribution >= 0.6 is 0 Å². The van der Waals surface area contributed by atoms with E-state index in [4.69, 9.17) is 0 Å². The standard InChI is InChI=1S/C16H17F3N4O3/c1-22-6-10-5-9(22)7-23(10)13(24)15(14(25)26)11-4-8(16(17,18)19)2-3-12(11)20-21-15/h2-4,9-10,20-21H,5-7H2,1H3,(H,25,26)/t9-,10-,15?/m0/s1. The predicted molar refractivity (Wildman–Crippen MR) is 84.1 cm³/mol. The number of likely N-dealkylation sites (tertiary alicyclic amines) is 2. The molecule has 140 valence electrons. The van der Waals surface area contributed by atoms with Crippen molar-refractivity contribution in [3.63, 3.8) is 0 Å². The van der Waals surface area contributed by atoms with E-state index in [-0.39, 0.29) is 23.3 Å². The molecule has 4 rings (SSSR count). The number of likely N-dealkylation sites (N-methyl/N-ethyl adjacent to an activating group) is 1. The summed E-state index contributed by atoms with van der Waals surface area (Å²) in [6.45, 7) is 0.986. The molecule has 2 fully saturated rings. The largest absolute Gasteiger partial charge is 0.479 e. The number of amides is 1. The normalized spacial score (nSPS) is 30.4. The van der Waals surface area contributed by atoms with E-state index in [9.17, 15) is 27.9 Å². The first-order valence-corrected chi connectivity index (χ1v) is 8.14. The molecule has 1 amide bonds. The van der Waals surface area contributed by atoms with Crippen LogP contribution in [0, 0.1) is 0 Å². The van der Waals surface area contributed by atoms with Crippen LogP contribution in [0.5, 0.6) is 0 Å². The van der Waals surface area contributed by atoms with Crippen molar-refractivity contribution in [2.45, 2.75) is 30.2 Å². The van der Waals surface area contributed by atoms with E-state index in [2.05, 4.69) is 15.8 Å². The van der Waals surface area contributed by atoms with Gasteiger partial charge in [-0.15, -0.1) is 0 Å². The van der Waals surface area contributed by atoms with Gasteiger partial charge in [0.15, 0.2) is 0 Å². The third-order valence-corrected chi connectivity index (χ3v) is 5.55. The van der Waals surface area contributed by atoms with Gasteiger partial charge in [-0.3, -0.25) is 9.69 Å². The molecule has 3 aliphatic rings. The van der Waals surface area contributed by atoms with E-state index in [0.29, 0.717) is 13.1 Å². The lowest BCUT2D eigenvalue weighted by Crippen LogP contribution is -2.61. The summed E-state index contributed by atoms with van der Waals surface area (Å²) in [5, 5.41) is 9.82. The number of halogens is 3. The van der Waals surface area contributed by atoms with Crippen molar-refractivity contribution >= 4 is 17.6 Å². The predicted octanol–water partition coefficient (Wildman–Crippen LogP) is 0.830. The van der Waals surface area contributed by atoms with Gasteiger partial charge in [-0.1, -0.05) is 0 Å². The van der Waals surface area contributed by atoms with E-state index < -0.39 is 29.2 Å². The van der Waals surface area contributed by atoms with Gasteiger partial charge in [0.2, 0.25) is 5.54 Å². The minimum atomic E-state index is -4.64. The van der Waals surface area contributed by atoms with Crippen molar-refractivity contribution in [3.05, 3.63) is 29.3 Å². The minimum Gasteiger partial charge on any atom is -0.479 e. The van der Waals surface area contributed by atoms with Crippen LogP contribution in [-0.4, -0.2) is 59.0 Å². The van der Waals surface area contributed by atoms with Crippen molar-refractivity contribution in [1.29, 1.82) is 0 Å². The number of carboxylic acid groups (broad SMARTS) is 1. The molecule has 10 heteroatoms. The molecule has 0 saturated carbocycles. The van der Waals surface area contributed by atoms with Crippen molar-refractivity contribution in [3.8, 4) is 0 Å². The average molecular weight is 370 g/mol. The molecule has 1 aromatic carbocycles. The second-order valence-electron chi connectivity index (χ2n) is 7.00. The highest BCUT2D eigenvalue weighted by Gasteiger charge is 2.58. The Bertz CT molecular complexity index is 797. The summed E-state index contributed by atoms with van der Waals surface area (Å²) in [7, 11) is 1.93. The van der Waals surface area contributed by atoms with Crippen LogP contribution in [0.2, 0.25) is 0 Å².